The molecule has 1 aromatic rings. The van der Waals surface area contributed by atoms with Crippen LogP contribution in [0.2, 0.25) is 0 Å². The minimum Gasteiger partial charge on any atom is -0.395 e. The molecule has 1 aliphatic rings. The van der Waals surface area contributed by atoms with Gasteiger partial charge in [-0.15, -0.1) is 0 Å². The van der Waals surface area contributed by atoms with Crippen molar-refractivity contribution >= 4 is 11.7 Å². The first-order chi connectivity index (χ1) is 9.26. The topological polar surface area (TPSA) is 52.6 Å². The van der Waals surface area contributed by atoms with Crippen LogP contribution in [0.4, 0.5) is 10.5 Å². The highest BCUT2D eigenvalue weighted by atomic mass is 16.3. The first-order valence-corrected chi connectivity index (χ1v) is 7.02. The van der Waals surface area contributed by atoms with Crippen molar-refractivity contribution in [2.75, 3.05) is 18.5 Å². The summed E-state index contributed by atoms with van der Waals surface area (Å²) in [6.45, 7) is 2.55. The van der Waals surface area contributed by atoms with Gasteiger partial charge in [-0.3, -0.25) is 0 Å². The van der Waals surface area contributed by atoms with Gasteiger partial charge < -0.3 is 15.3 Å². The number of aliphatic hydroxyl groups is 1. The minimum atomic E-state index is -0.0971. The van der Waals surface area contributed by atoms with Crippen molar-refractivity contribution in [1.82, 2.24) is 4.90 Å². The van der Waals surface area contributed by atoms with Gasteiger partial charge in [0.05, 0.1) is 6.61 Å². The van der Waals surface area contributed by atoms with Gasteiger partial charge in [-0.05, 0) is 30.9 Å². The second-order valence-electron chi connectivity index (χ2n) is 4.99. The maximum Gasteiger partial charge on any atom is 0.322 e. The SMILES string of the molecule is CCCc1ccccc1NC(=O)N(CCO)C1CC1. The molecule has 19 heavy (non-hydrogen) atoms. The second-order valence-corrected chi connectivity index (χ2v) is 4.99. The standard InChI is InChI=1S/C15H22N2O2/c1-2-5-12-6-3-4-7-14(12)16-15(19)17(10-11-18)13-8-9-13/h3-4,6-7,13,18H,2,5,8-11H2,1H3,(H,16,19). The van der Waals surface area contributed by atoms with Crippen molar-refractivity contribution in [3.63, 3.8) is 0 Å². The maximum atomic E-state index is 12.2. The van der Waals surface area contributed by atoms with E-state index in [0.29, 0.717) is 12.6 Å². The molecule has 1 aromatic carbocycles. The summed E-state index contributed by atoms with van der Waals surface area (Å²) < 4.78 is 0. The minimum absolute atomic E-state index is 0.0144. The molecule has 0 heterocycles. The molecule has 0 atom stereocenters. The number of anilines is 1. The predicted molar refractivity (Wildman–Crippen MR) is 76.3 cm³/mol. The van der Waals surface area contributed by atoms with Crippen LogP contribution in [0.1, 0.15) is 31.7 Å². The summed E-state index contributed by atoms with van der Waals surface area (Å²) in [5.74, 6) is 0. The molecule has 104 valence electrons. The number of carbonyl (C=O) groups is 1. The van der Waals surface area contributed by atoms with Crippen LogP contribution in [0.25, 0.3) is 0 Å². The molecule has 4 heteroatoms. The van der Waals surface area contributed by atoms with Crippen LogP contribution in [0.5, 0.6) is 0 Å². The molecular weight excluding hydrogens is 240 g/mol. The highest BCUT2D eigenvalue weighted by molar-refractivity contribution is 5.90. The average molecular weight is 262 g/mol. The summed E-state index contributed by atoms with van der Waals surface area (Å²) in [6, 6.07) is 8.13. The first kappa shape index (κ1) is 13.9. The quantitative estimate of drug-likeness (QED) is 0.828. The van der Waals surface area contributed by atoms with Gasteiger partial charge in [-0.2, -0.15) is 0 Å². The van der Waals surface area contributed by atoms with E-state index in [1.165, 1.54) is 0 Å². The first-order valence-electron chi connectivity index (χ1n) is 7.02. The molecule has 2 N–H and O–H groups in total. The van der Waals surface area contributed by atoms with Crippen molar-refractivity contribution < 1.29 is 9.90 Å². The van der Waals surface area contributed by atoms with E-state index in [9.17, 15) is 4.79 Å². The van der Waals surface area contributed by atoms with E-state index >= 15 is 0 Å². The molecule has 0 unspecified atom stereocenters. The fourth-order valence-corrected chi connectivity index (χ4v) is 2.26. The molecule has 0 spiro atoms. The Morgan fingerprint density at radius 3 is 2.79 bits per heavy atom. The molecule has 0 saturated heterocycles. The molecule has 2 rings (SSSR count). The Morgan fingerprint density at radius 1 is 1.42 bits per heavy atom. The average Bonchev–Trinajstić information content (AvgIpc) is 3.23. The Hall–Kier alpha value is -1.55. The fourth-order valence-electron chi connectivity index (χ4n) is 2.26. The van der Waals surface area contributed by atoms with E-state index in [0.717, 1.165) is 36.9 Å². The molecule has 0 aromatic heterocycles. The second kappa shape index (κ2) is 6.57. The van der Waals surface area contributed by atoms with Crippen molar-refractivity contribution in [3.8, 4) is 0 Å². The van der Waals surface area contributed by atoms with E-state index < -0.39 is 0 Å². The Balaban J connectivity index is 2.04. The van der Waals surface area contributed by atoms with Crippen LogP contribution in [0.15, 0.2) is 24.3 Å². The van der Waals surface area contributed by atoms with Gasteiger partial charge in [-0.1, -0.05) is 31.5 Å². The third-order valence-corrected chi connectivity index (χ3v) is 3.37. The van der Waals surface area contributed by atoms with Gasteiger partial charge in [0.1, 0.15) is 0 Å². The Morgan fingerprint density at radius 2 is 2.16 bits per heavy atom. The summed E-state index contributed by atoms with van der Waals surface area (Å²) in [7, 11) is 0. The zero-order valence-corrected chi connectivity index (χ0v) is 11.4. The van der Waals surface area contributed by atoms with Gasteiger partial charge in [0.25, 0.3) is 0 Å². The number of para-hydroxylation sites is 1. The van der Waals surface area contributed by atoms with Crippen LogP contribution >= 0.6 is 0 Å². The van der Waals surface area contributed by atoms with Crippen LogP contribution in [0, 0.1) is 0 Å². The third kappa shape index (κ3) is 3.70. The predicted octanol–water partition coefficient (Wildman–Crippen LogP) is 2.63. The highest BCUT2D eigenvalue weighted by Gasteiger charge is 2.32. The molecule has 1 saturated carbocycles. The van der Waals surface area contributed by atoms with Crippen LogP contribution in [-0.2, 0) is 6.42 Å². The molecule has 4 nitrogen and oxygen atoms in total. The summed E-state index contributed by atoms with van der Waals surface area (Å²) in [4.78, 5) is 14.0. The van der Waals surface area contributed by atoms with E-state index in [-0.39, 0.29) is 12.6 Å². The van der Waals surface area contributed by atoms with E-state index in [1.807, 2.05) is 24.3 Å². The lowest BCUT2D eigenvalue weighted by molar-refractivity contribution is 0.185. The summed E-state index contributed by atoms with van der Waals surface area (Å²) in [5, 5.41) is 12.0. The van der Waals surface area contributed by atoms with E-state index in [4.69, 9.17) is 5.11 Å². The molecule has 0 aliphatic heterocycles. The molecule has 0 bridgehead atoms. The molecule has 1 aliphatic carbocycles. The molecular formula is C15H22N2O2. The van der Waals surface area contributed by atoms with Crippen molar-refractivity contribution in [3.05, 3.63) is 29.8 Å². The molecule has 1 fully saturated rings. The van der Waals surface area contributed by atoms with Crippen LogP contribution in [0.3, 0.4) is 0 Å². The van der Waals surface area contributed by atoms with Gasteiger partial charge in [0.15, 0.2) is 0 Å². The van der Waals surface area contributed by atoms with Gasteiger partial charge >= 0.3 is 6.03 Å². The number of urea groups is 1. The number of aliphatic hydroxyl groups excluding tert-OH is 1. The maximum absolute atomic E-state index is 12.2. The highest BCUT2D eigenvalue weighted by Crippen LogP contribution is 2.27. The molecule has 0 radical (unpaired) electrons. The number of nitrogens with zero attached hydrogens (tertiary/aromatic N) is 1. The number of nitrogens with one attached hydrogen (secondary N) is 1. The zero-order valence-electron chi connectivity index (χ0n) is 11.4. The number of hydrogen-bond donors (Lipinski definition) is 2. The van der Waals surface area contributed by atoms with E-state index in [2.05, 4.69) is 12.2 Å². The van der Waals surface area contributed by atoms with E-state index in [1.54, 1.807) is 4.90 Å². The number of carbonyl (C=O) groups excluding carboxylic acids is 1. The Bertz CT molecular complexity index is 430. The fraction of sp³-hybridized carbons (Fsp3) is 0.533. The Kier molecular flexibility index (Phi) is 4.80. The Labute approximate surface area is 114 Å². The van der Waals surface area contributed by atoms with Gasteiger partial charge in [0, 0.05) is 18.3 Å². The largest absolute Gasteiger partial charge is 0.395 e. The summed E-state index contributed by atoms with van der Waals surface area (Å²) in [6.07, 6.45) is 4.10. The monoisotopic (exact) mass is 262 g/mol. The lowest BCUT2D eigenvalue weighted by atomic mass is 10.1. The van der Waals surface area contributed by atoms with Crippen molar-refractivity contribution in [1.29, 1.82) is 0 Å². The number of rotatable bonds is 6. The van der Waals surface area contributed by atoms with Gasteiger partial charge in [0.2, 0.25) is 0 Å². The van der Waals surface area contributed by atoms with Crippen LogP contribution < -0.4 is 5.32 Å². The number of aryl methyl sites for hydroxylation is 1. The summed E-state index contributed by atoms with van der Waals surface area (Å²) >= 11 is 0. The molecule has 2 amide bonds. The zero-order chi connectivity index (χ0) is 13.7. The van der Waals surface area contributed by atoms with Crippen LogP contribution in [-0.4, -0.2) is 35.2 Å². The number of amides is 2. The van der Waals surface area contributed by atoms with Crippen molar-refractivity contribution in [2.24, 2.45) is 0 Å². The smallest absolute Gasteiger partial charge is 0.322 e. The lowest BCUT2D eigenvalue weighted by Crippen LogP contribution is -2.38. The third-order valence-electron chi connectivity index (χ3n) is 3.37. The number of benzene rings is 1. The van der Waals surface area contributed by atoms with Gasteiger partial charge in [-0.25, -0.2) is 4.79 Å². The normalized spacial score (nSPS) is 14.2. The lowest BCUT2D eigenvalue weighted by Gasteiger charge is -2.22. The summed E-state index contributed by atoms with van der Waals surface area (Å²) in [5.41, 5.74) is 2.05. The van der Waals surface area contributed by atoms with Crippen molar-refractivity contribution in [2.45, 2.75) is 38.6 Å². The number of hydrogen-bond acceptors (Lipinski definition) is 2.